The van der Waals surface area contributed by atoms with Crippen molar-refractivity contribution in [2.24, 2.45) is 0 Å². The Hall–Kier alpha value is -0.700. The van der Waals surface area contributed by atoms with Gasteiger partial charge in [0, 0.05) is 0 Å². The molecule has 1 amide bonds. The van der Waals surface area contributed by atoms with Crippen LogP contribution in [0.4, 0.5) is 0 Å². The van der Waals surface area contributed by atoms with Gasteiger partial charge in [0.2, 0.25) is 5.91 Å². The summed E-state index contributed by atoms with van der Waals surface area (Å²) in [5, 5.41) is 74.5. The lowest BCUT2D eigenvalue weighted by Gasteiger charge is -2.41. The summed E-state index contributed by atoms with van der Waals surface area (Å²) < 4.78 is 22.9. The van der Waals surface area contributed by atoms with Crippen LogP contribution < -0.4 is 5.32 Å². The molecule has 8 atom stereocenters. The van der Waals surface area contributed by atoms with E-state index in [4.69, 9.17) is 9.05 Å². The molecule has 1 rings (SSSR count). The Labute approximate surface area is 339 Å². The van der Waals surface area contributed by atoms with Crippen LogP contribution in [0.15, 0.2) is 0 Å². The molecule has 0 heterocycles. The van der Waals surface area contributed by atoms with Crippen LogP contribution in [-0.4, -0.2) is 108 Å². The Morgan fingerprint density at radius 1 is 0.554 bits per heavy atom. The molecule has 56 heavy (non-hydrogen) atoms. The van der Waals surface area contributed by atoms with Gasteiger partial charge in [-0.15, -0.1) is 0 Å². The molecule has 0 aromatic rings. The first-order valence-electron chi connectivity index (χ1n) is 22.6. The average Bonchev–Trinajstić information content (AvgIpc) is 3.17. The van der Waals surface area contributed by atoms with E-state index in [9.17, 15) is 50.0 Å². The maximum Gasteiger partial charge on any atom is 0.472 e. The zero-order chi connectivity index (χ0) is 41.6. The van der Waals surface area contributed by atoms with Crippen molar-refractivity contribution >= 4 is 13.7 Å². The maximum absolute atomic E-state index is 13.0. The number of hydrogen-bond donors (Lipinski definition) is 9. The van der Waals surface area contributed by atoms with Gasteiger partial charge in [-0.2, -0.15) is 0 Å². The highest BCUT2D eigenvalue weighted by Crippen LogP contribution is 2.47. The lowest BCUT2D eigenvalue weighted by molar-refractivity contribution is -0.220. The second-order valence-electron chi connectivity index (χ2n) is 16.4. The van der Waals surface area contributed by atoms with Crippen molar-refractivity contribution < 1.29 is 59.0 Å². The second kappa shape index (κ2) is 33.1. The molecule has 0 spiro atoms. The molecule has 0 saturated heterocycles. The van der Waals surface area contributed by atoms with Crippen molar-refractivity contribution in [3.63, 3.8) is 0 Å². The molecule has 0 aliphatic heterocycles. The number of aliphatic hydroxyl groups excluding tert-OH is 7. The van der Waals surface area contributed by atoms with Crippen LogP contribution in [0.25, 0.3) is 0 Å². The third-order valence-corrected chi connectivity index (χ3v) is 12.2. The van der Waals surface area contributed by atoms with Crippen LogP contribution in [0.3, 0.4) is 0 Å². The van der Waals surface area contributed by atoms with Crippen LogP contribution in [0.1, 0.15) is 200 Å². The number of hydrogen-bond acceptors (Lipinski definition) is 11. The van der Waals surface area contributed by atoms with Crippen molar-refractivity contribution in [3.8, 4) is 0 Å². The van der Waals surface area contributed by atoms with Crippen LogP contribution in [-0.2, 0) is 18.4 Å². The molecule has 0 bridgehead atoms. The van der Waals surface area contributed by atoms with E-state index in [-0.39, 0.29) is 12.8 Å². The highest BCUT2D eigenvalue weighted by molar-refractivity contribution is 7.47. The fraction of sp³-hybridized carbons (Fsp3) is 0.976. The summed E-state index contributed by atoms with van der Waals surface area (Å²) in [6.07, 6.45) is 17.3. The average molecular weight is 826 g/mol. The fourth-order valence-corrected chi connectivity index (χ4v) is 8.45. The Balaban J connectivity index is 2.55. The zero-order valence-corrected chi connectivity index (χ0v) is 36.0. The predicted octanol–water partition coefficient (Wildman–Crippen LogP) is 6.87. The van der Waals surface area contributed by atoms with E-state index in [1.165, 1.54) is 109 Å². The smallest absolute Gasteiger partial charge is 0.393 e. The fourth-order valence-electron chi connectivity index (χ4n) is 7.48. The van der Waals surface area contributed by atoms with E-state index >= 15 is 0 Å². The number of phosphoric ester groups is 1. The van der Waals surface area contributed by atoms with Crippen LogP contribution >= 0.6 is 7.82 Å². The van der Waals surface area contributed by atoms with Gasteiger partial charge in [0.05, 0.1) is 31.3 Å². The van der Waals surface area contributed by atoms with Gasteiger partial charge in [0.1, 0.15) is 36.6 Å². The number of aliphatic hydroxyl groups is 7. The summed E-state index contributed by atoms with van der Waals surface area (Å²) in [6, 6.07) is -1.15. The van der Waals surface area contributed by atoms with Crippen molar-refractivity contribution in [2.75, 3.05) is 6.61 Å². The zero-order valence-electron chi connectivity index (χ0n) is 35.1. The Morgan fingerprint density at radius 3 is 1.29 bits per heavy atom. The van der Waals surface area contributed by atoms with E-state index in [1.807, 2.05) is 0 Å². The van der Waals surface area contributed by atoms with Crippen molar-refractivity contribution in [1.29, 1.82) is 0 Å². The standard InChI is InChI=1S/C42H84NO12P/c1-3-5-7-9-11-13-15-16-17-18-20-22-24-26-28-30-35(45)34(32-54-56(52,53)55-42-40(50)38(48)37(47)39(49)41(42)51)43-36(46)31-33(44)29-27-25-23-21-19-14-12-10-8-6-4-2/h33-35,37-42,44-45,47-51H,3-32H2,1-2H3,(H,43,46)(H,52,53). The Kier molecular flexibility index (Phi) is 31.5. The monoisotopic (exact) mass is 826 g/mol. The van der Waals surface area contributed by atoms with E-state index in [0.29, 0.717) is 12.8 Å². The number of phosphoric acid groups is 1. The molecular weight excluding hydrogens is 741 g/mol. The molecular formula is C42H84NO12P. The minimum Gasteiger partial charge on any atom is -0.393 e. The lowest BCUT2D eigenvalue weighted by Crippen LogP contribution is -2.64. The molecule has 9 N–H and O–H groups in total. The van der Waals surface area contributed by atoms with E-state index in [1.54, 1.807) is 0 Å². The second-order valence-corrected chi connectivity index (χ2v) is 17.9. The van der Waals surface area contributed by atoms with E-state index in [0.717, 1.165) is 51.4 Å². The summed E-state index contributed by atoms with van der Waals surface area (Å²) in [5.74, 6) is -0.559. The van der Waals surface area contributed by atoms with Gasteiger partial charge in [-0.05, 0) is 12.8 Å². The van der Waals surface area contributed by atoms with Crippen molar-refractivity contribution in [2.45, 2.75) is 255 Å². The highest BCUT2D eigenvalue weighted by Gasteiger charge is 2.51. The van der Waals surface area contributed by atoms with E-state index < -0.39 is 75.2 Å². The molecule has 14 heteroatoms. The minimum absolute atomic E-state index is 0.216. The summed E-state index contributed by atoms with van der Waals surface area (Å²) in [4.78, 5) is 23.4. The third-order valence-electron chi connectivity index (χ3n) is 11.2. The first kappa shape index (κ1) is 53.3. The van der Waals surface area contributed by atoms with Crippen LogP contribution in [0.5, 0.6) is 0 Å². The first-order chi connectivity index (χ1) is 26.8. The first-order valence-corrected chi connectivity index (χ1v) is 24.1. The molecule has 0 radical (unpaired) electrons. The Bertz CT molecular complexity index is 979. The molecule has 1 saturated carbocycles. The summed E-state index contributed by atoms with van der Waals surface area (Å²) >= 11 is 0. The van der Waals surface area contributed by atoms with E-state index in [2.05, 4.69) is 19.2 Å². The number of rotatable bonds is 37. The highest BCUT2D eigenvalue weighted by atomic mass is 31.2. The maximum atomic E-state index is 13.0. The normalized spacial score (nSPS) is 24.1. The molecule has 1 aliphatic rings. The van der Waals surface area contributed by atoms with Gasteiger partial charge in [-0.25, -0.2) is 4.57 Å². The quantitative estimate of drug-likeness (QED) is 0.0231. The lowest BCUT2D eigenvalue weighted by atomic mass is 9.85. The topological polar surface area (TPSA) is 226 Å². The predicted molar refractivity (Wildman–Crippen MR) is 220 cm³/mol. The number of carbonyl (C=O) groups is 1. The van der Waals surface area contributed by atoms with Gasteiger partial charge in [-0.3, -0.25) is 13.8 Å². The molecule has 13 nitrogen and oxygen atoms in total. The molecule has 334 valence electrons. The minimum atomic E-state index is -5.11. The van der Waals surface area contributed by atoms with Crippen LogP contribution in [0.2, 0.25) is 0 Å². The number of unbranched alkanes of at least 4 members (excludes halogenated alkanes) is 24. The third kappa shape index (κ3) is 25.0. The number of carbonyl (C=O) groups excluding carboxylic acids is 1. The van der Waals surface area contributed by atoms with Gasteiger partial charge in [0.25, 0.3) is 0 Å². The van der Waals surface area contributed by atoms with Gasteiger partial charge in [0.15, 0.2) is 0 Å². The van der Waals surface area contributed by atoms with Gasteiger partial charge < -0.3 is 46.0 Å². The summed E-state index contributed by atoms with van der Waals surface area (Å²) in [5.41, 5.74) is 0. The largest absolute Gasteiger partial charge is 0.472 e. The van der Waals surface area contributed by atoms with Crippen molar-refractivity contribution in [1.82, 2.24) is 5.32 Å². The van der Waals surface area contributed by atoms with Gasteiger partial charge >= 0.3 is 7.82 Å². The van der Waals surface area contributed by atoms with Crippen LogP contribution in [0, 0.1) is 0 Å². The molecule has 0 aromatic heterocycles. The van der Waals surface area contributed by atoms with Crippen molar-refractivity contribution in [3.05, 3.63) is 0 Å². The summed E-state index contributed by atoms with van der Waals surface area (Å²) in [7, 11) is -5.11. The molecule has 8 unspecified atom stereocenters. The molecule has 1 aliphatic carbocycles. The SMILES string of the molecule is CCCCCCCCCCCCCCCCCC(O)C(COP(=O)(O)OC1C(O)C(O)C(O)C(O)C1O)NC(=O)CC(O)CCCCCCCCCCCCC. The summed E-state index contributed by atoms with van der Waals surface area (Å²) in [6.45, 7) is 3.77. The van der Waals surface area contributed by atoms with Gasteiger partial charge in [-0.1, -0.05) is 181 Å². The number of nitrogens with one attached hydrogen (secondary N) is 1. The number of amides is 1. The molecule has 0 aromatic carbocycles. The Morgan fingerprint density at radius 2 is 0.893 bits per heavy atom. The molecule has 1 fully saturated rings.